The van der Waals surface area contributed by atoms with Gasteiger partial charge >= 0.3 is 12.1 Å². The Kier molecular flexibility index (Phi) is 8.50. The average Bonchev–Trinajstić information content (AvgIpc) is 2.85. The number of hydrogen-bond donors (Lipinski definition) is 2. The highest BCUT2D eigenvalue weighted by Crippen LogP contribution is 2.21. The van der Waals surface area contributed by atoms with Gasteiger partial charge in [-0.1, -0.05) is 37.3 Å². The van der Waals surface area contributed by atoms with Crippen molar-refractivity contribution in [2.24, 2.45) is 7.05 Å². The van der Waals surface area contributed by atoms with Crippen LogP contribution in [0, 0.1) is 0 Å². The fraction of sp³-hybridized carbons (Fsp3) is 0.400. The molecule has 1 aromatic heterocycles. The maximum Gasteiger partial charge on any atom is 0.490 e. The molecule has 0 unspecified atom stereocenters. The molecule has 1 aliphatic heterocycles. The van der Waals surface area contributed by atoms with Gasteiger partial charge in [0.15, 0.2) is 0 Å². The molecule has 2 N–H and O–H groups in total. The number of aromatic nitrogens is 2. The van der Waals surface area contributed by atoms with Crippen LogP contribution in [-0.2, 0) is 24.8 Å². The topological polar surface area (TPSA) is 87.5 Å². The molecule has 2 heterocycles. The van der Waals surface area contributed by atoms with Gasteiger partial charge in [-0.3, -0.25) is 4.79 Å². The second-order valence-corrected chi connectivity index (χ2v) is 8.39. The molecule has 2 aromatic carbocycles. The van der Waals surface area contributed by atoms with Crippen LogP contribution in [0.15, 0.2) is 53.3 Å². The van der Waals surface area contributed by atoms with Crippen molar-refractivity contribution in [3.05, 3.63) is 70.1 Å². The minimum atomic E-state index is -5.08. The highest BCUT2D eigenvalue weighted by molar-refractivity contribution is 5.83. The highest BCUT2D eigenvalue weighted by atomic mass is 19.4. The molecule has 4 rings (SSSR count). The van der Waals surface area contributed by atoms with Crippen molar-refractivity contribution in [2.45, 2.75) is 44.9 Å². The van der Waals surface area contributed by atoms with E-state index in [9.17, 15) is 18.0 Å². The molecule has 10 heteroatoms. The van der Waals surface area contributed by atoms with Crippen LogP contribution in [0.4, 0.5) is 18.9 Å². The first-order valence-electron chi connectivity index (χ1n) is 11.4. The van der Waals surface area contributed by atoms with Gasteiger partial charge < -0.3 is 15.3 Å². The summed E-state index contributed by atoms with van der Waals surface area (Å²) in [5.74, 6) is -2.76. The maximum absolute atomic E-state index is 12.3. The van der Waals surface area contributed by atoms with Gasteiger partial charge in [0.25, 0.3) is 5.56 Å². The van der Waals surface area contributed by atoms with Crippen molar-refractivity contribution in [1.29, 1.82) is 0 Å². The van der Waals surface area contributed by atoms with E-state index < -0.39 is 12.1 Å². The van der Waals surface area contributed by atoms with E-state index in [1.165, 1.54) is 15.9 Å². The van der Waals surface area contributed by atoms with Gasteiger partial charge in [0.05, 0.1) is 11.1 Å². The van der Waals surface area contributed by atoms with Crippen LogP contribution in [0.1, 0.15) is 31.0 Å². The Morgan fingerprint density at radius 1 is 1.09 bits per heavy atom. The monoisotopic (exact) mass is 490 g/mol. The Morgan fingerprint density at radius 3 is 2.20 bits per heavy atom. The largest absolute Gasteiger partial charge is 0.490 e. The Morgan fingerprint density at radius 2 is 1.66 bits per heavy atom. The number of halogens is 3. The van der Waals surface area contributed by atoms with E-state index in [4.69, 9.17) is 9.90 Å². The molecular weight excluding hydrogens is 461 g/mol. The molecule has 35 heavy (non-hydrogen) atoms. The van der Waals surface area contributed by atoms with Crippen LogP contribution in [0.25, 0.3) is 10.8 Å². The number of carboxylic acids is 1. The SMILES string of the molecule is CCc1ccc(N2CCC(NCc3nn(C)c(=O)c4ccccc34)CC2)cc1.O=C(O)C(F)(F)F. The maximum atomic E-state index is 12.3. The van der Waals surface area contributed by atoms with Gasteiger partial charge in [-0.05, 0) is 43.0 Å². The van der Waals surface area contributed by atoms with Crippen LogP contribution in [0.3, 0.4) is 0 Å². The van der Waals surface area contributed by atoms with Gasteiger partial charge in [-0.25, -0.2) is 9.48 Å². The third-order valence-electron chi connectivity index (χ3n) is 6.04. The van der Waals surface area contributed by atoms with E-state index in [0.29, 0.717) is 12.6 Å². The number of piperidine rings is 1. The van der Waals surface area contributed by atoms with E-state index in [-0.39, 0.29) is 5.56 Å². The van der Waals surface area contributed by atoms with Crippen LogP contribution in [0.5, 0.6) is 0 Å². The number of aryl methyl sites for hydroxylation is 2. The normalized spacial score (nSPS) is 14.5. The third kappa shape index (κ3) is 6.82. The predicted molar refractivity (Wildman–Crippen MR) is 129 cm³/mol. The molecular formula is C25H29F3N4O3. The first-order valence-corrected chi connectivity index (χ1v) is 11.4. The lowest BCUT2D eigenvalue weighted by atomic mass is 10.0. The molecule has 0 radical (unpaired) electrons. The summed E-state index contributed by atoms with van der Waals surface area (Å²) in [5, 5.41) is 17.0. The van der Waals surface area contributed by atoms with E-state index >= 15 is 0 Å². The minimum absolute atomic E-state index is 0.0400. The summed E-state index contributed by atoms with van der Waals surface area (Å²) < 4.78 is 33.2. The number of rotatable bonds is 5. The molecule has 1 saturated heterocycles. The van der Waals surface area contributed by atoms with Crippen LogP contribution in [-0.4, -0.2) is 46.2 Å². The number of carbonyl (C=O) groups is 1. The number of benzene rings is 2. The van der Waals surface area contributed by atoms with Crippen LogP contribution in [0.2, 0.25) is 0 Å². The van der Waals surface area contributed by atoms with E-state index in [1.807, 2.05) is 24.3 Å². The quantitative estimate of drug-likeness (QED) is 0.564. The van der Waals surface area contributed by atoms with Crippen molar-refractivity contribution in [2.75, 3.05) is 18.0 Å². The Hall–Kier alpha value is -3.40. The van der Waals surface area contributed by atoms with Gasteiger partial charge in [-0.15, -0.1) is 0 Å². The summed E-state index contributed by atoms with van der Waals surface area (Å²) in [5.41, 5.74) is 3.61. The smallest absolute Gasteiger partial charge is 0.475 e. The molecule has 7 nitrogen and oxygen atoms in total. The molecule has 188 valence electrons. The van der Waals surface area contributed by atoms with Crippen molar-refractivity contribution >= 4 is 22.4 Å². The Balaban J connectivity index is 0.000000429. The molecule has 0 saturated carbocycles. The third-order valence-corrected chi connectivity index (χ3v) is 6.04. The van der Waals surface area contributed by atoms with Crippen molar-refractivity contribution in [3.8, 4) is 0 Å². The number of anilines is 1. The molecule has 1 aliphatic rings. The second kappa shape index (κ2) is 11.4. The number of hydrogen-bond acceptors (Lipinski definition) is 5. The number of aliphatic carboxylic acids is 1. The molecule has 0 bridgehead atoms. The van der Waals surface area contributed by atoms with Crippen LogP contribution >= 0.6 is 0 Å². The predicted octanol–water partition coefficient (Wildman–Crippen LogP) is 3.89. The summed E-state index contributed by atoms with van der Waals surface area (Å²) in [7, 11) is 1.72. The molecule has 0 aliphatic carbocycles. The fourth-order valence-corrected chi connectivity index (χ4v) is 4.03. The average molecular weight is 491 g/mol. The van der Waals surface area contributed by atoms with Crippen molar-refractivity contribution in [1.82, 2.24) is 15.1 Å². The molecule has 3 aromatic rings. The standard InChI is InChI=1S/C23H28N4O.C2HF3O2/c1-3-17-8-10-19(11-9-17)27-14-12-18(13-15-27)24-16-22-20-6-4-5-7-21(20)23(28)26(2)25-22;3-2(4,5)1(6)7/h4-11,18,24H,3,12-16H2,1-2H3;(H,6,7). The zero-order valence-electron chi connectivity index (χ0n) is 19.7. The lowest BCUT2D eigenvalue weighted by Crippen LogP contribution is -2.42. The summed E-state index contributed by atoms with van der Waals surface area (Å²) in [6, 6.07) is 17.2. The Labute approximate surface area is 201 Å². The lowest BCUT2D eigenvalue weighted by Gasteiger charge is -2.34. The second-order valence-electron chi connectivity index (χ2n) is 8.39. The van der Waals surface area contributed by atoms with Crippen molar-refractivity contribution < 1.29 is 23.1 Å². The van der Waals surface area contributed by atoms with Gasteiger partial charge in [-0.2, -0.15) is 18.3 Å². The fourth-order valence-electron chi connectivity index (χ4n) is 4.03. The van der Waals surface area contributed by atoms with Gasteiger partial charge in [0, 0.05) is 43.8 Å². The summed E-state index contributed by atoms with van der Waals surface area (Å²) in [6.07, 6.45) is -1.78. The van der Waals surface area contributed by atoms with E-state index in [1.54, 1.807) is 7.05 Å². The number of alkyl halides is 3. The zero-order chi connectivity index (χ0) is 25.6. The minimum Gasteiger partial charge on any atom is -0.475 e. The van der Waals surface area contributed by atoms with E-state index in [2.05, 4.69) is 46.5 Å². The first kappa shape index (κ1) is 26.2. The number of nitrogens with zero attached hydrogens (tertiary/aromatic N) is 3. The number of nitrogens with one attached hydrogen (secondary N) is 1. The first-order chi connectivity index (χ1) is 16.6. The molecule has 1 fully saturated rings. The summed E-state index contributed by atoms with van der Waals surface area (Å²) in [6.45, 7) is 4.99. The zero-order valence-corrected chi connectivity index (χ0v) is 19.7. The van der Waals surface area contributed by atoms with Gasteiger partial charge in [0.1, 0.15) is 0 Å². The Bertz CT molecular complexity index is 1200. The summed E-state index contributed by atoms with van der Waals surface area (Å²) in [4.78, 5) is 23.6. The molecule has 0 amide bonds. The van der Waals surface area contributed by atoms with Crippen molar-refractivity contribution in [3.63, 3.8) is 0 Å². The molecule has 0 atom stereocenters. The highest BCUT2D eigenvalue weighted by Gasteiger charge is 2.38. The van der Waals surface area contributed by atoms with Crippen LogP contribution < -0.4 is 15.8 Å². The summed E-state index contributed by atoms with van der Waals surface area (Å²) >= 11 is 0. The molecule has 0 spiro atoms. The lowest BCUT2D eigenvalue weighted by molar-refractivity contribution is -0.192. The number of carboxylic acid groups (broad SMARTS) is 1. The van der Waals surface area contributed by atoms with E-state index in [0.717, 1.165) is 48.8 Å². The number of fused-ring (bicyclic) bond motifs is 1. The van der Waals surface area contributed by atoms with Gasteiger partial charge in [0.2, 0.25) is 0 Å².